The van der Waals surface area contributed by atoms with E-state index in [2.05, 4.69) is 27.7 Å². The maximum atomic E-state index is 13.0. The van der Waals surface area contributed by atoms with Crippen molar-refractivity contribution in [2.24, 2.45) is 11.3 Å². The monoisotopic (exact) mass is 396 g/mol. The molecule has 0 fully saturated rings. The van der Waals surface area contributed by atoms with Crippen molar-refractivity contribution in [1.82, 2.24) is 0 Å². The highest BCUT2D eigenvalue weighted by atomic mass is 31.1. The third-order valence-electron chi connectivity index (χ3n) is 4.88. The number of methoxy groups -OCH3 is 2. The van der Waals surface area contributed by atoms with Gasteiger partial charge >= 0.3 is 0 Å². The minimum absolute atomic E-state index is 0.0251. The summed E-state index contributed by atoms with van der Waals surface area (Å²) in [6.45, 7) is 8.53. The lowest BCUT2D eigenvalue weighted by atomic mass is 9.78. The lowest BCUT2D eigenvalue weighted by Crippen LogP contribution is -2.22. The van der Waals surface area contributed by atoms with Gasteiger partial charge in [-0.25, -0.2) is 0 Å². The summed E-state index contributed by atoms with van der Waals surface area (Å²) in [7, 11) is 1.62. The van der Waals surface area contributed by atoms with Crippen molar-refractivity contribution in [3.63, 3.8) is 0 Å². The molecule has 1 aromatic carbocycles. The quantitative estimate of drug-likeness (QED) is 0.230. The topological polar surface area (TPSA) is 52.6 Å². The number of hydrogen-bond acceptors (Lipinski definition) is 4. The molecule has 0 aliphatic rings. The Labute approximate surface area is 165 Å². The first-order valence-electron chi connectivity index (χ1n) is 10.00. The summed E-state index contributed by atoms with van der Waals surface area (Å²) in [5.41, 5.74) is 0.338. The molecule has 4 nitrogen and oxygen atoms in total. The standard InChI is InChI=1S/C22H37O4P/c1-7-8-9-13-27(24)16-17(2)14-22(3,4)15-18(23)21-19(25-5)11-10-12-20(21)26-6/h10-12,17,27H,7-9,13-16H2,1-6H3. The first-order valence-corrected chi connectivity index (χ1v) is 11.8. The molecule has 27 heavy (non-hydrogen) atoms. The van der Waals surface area contributed by atoms with Crippen molar-refractivity contribution in [2.45, 2.75) is 59.8 Å². The van der Waals surface area contributed by atoms with Gasteiger partial charge in [0, 0.05) is 12.6 Å². The van der Waals surface area contributed by atoms with Crippen LogP contribution < -0.4 is 9.47 Å². The fraction of sp³-hybridized carbons (Fsp3) is 0.682. The Hall–Kier alpha value is -1.28. The molecule has 0 saturated heterocycles. The zero-order chi connectivity index (χ0) is 20.4. The van der Waals surface area contributed by atoms with E-state index in [1.165, 1.54) is 0 Å². The molecule has 0 spiro atoms. The number of unbranched alkanes of at least 4 members (excludes halogenated alkanes) is 2. The molecule has 0 aliphatic carbocycles. The van der Waals surface area contributed by atoms with Gasteiger partial charge in [-0.1, -0.05) is 46.6 Å². The molecule has 154 valence electrons. The van der Waals surface area contributed by atoms with E-state index < -0.39 is 7.80 Å². The van der Waals surface area contributed by atoms with Crippen molar-refractivity contribution in [2.75, 3.05) is 26.5 Å². The lowest BCUT2D eigenvalue weighted by Gasteiger charge is -2.28. The Kier molecular flexibility index (Phi) is 10.2. The van der Waals surface area contributed by atoms with E-state index in [9.17, 15) is 9.36 Å². The second-order valence-electron chi connectivity index (χ2n) is 8.31. The van der Waals surface area contributed by atoms with Crippen LogP contribution >= 0.6 is 7.80 Å². The highest BCUT2D eigenvalue weighted by Gasteiger charge is 2.28. The van der Waals surface area contributed by atoms with Gasteiger partial charge in [-0.3, -0.25) is 4.79 Å². The maximum absolute atomic E-state index is 13.0. The molecule has 0 aliphatic heterocycles. The van der Waals surface area contributed by atoms with Crippen molar-refractivity contribution in [3.8, 4) is 11.5 Å². The van der Waals surface area contributed by atoms with Gasteiger partial charge in [-0.15, -0.1) is 0 Å². The second-order valence-corrected chi connectivity index (χ2v) is 10.3. The number of ether oxygens (including phenoxy) is 2. The largest absolute Gasteiger partial charge is 0.496 e. The van der Waals surface area contributed by atoms with E-state index in [4.69, 9.17) is 9.47 Å². The number of Topliss-reactive ketones (excluding diaryl/α,β-unsaturated/α-hetero) is 1. The Balaban J connectivity index is 2.72. The highest BCUT2D eigenvalue weighted by Crippen LogP contribution is 2.38. The first-order chi connectivity index (χ1) is 12.7. The Morgan fingerprint density at radius 2 is 1.74 bits per heavy atom. The zero-order valence-electron chi connectivity index (χ0n) is 17.9. The number of benzene rings is 1. The fourth-order valence-electron chi connectivity index (χ4n) is 3.80. The summed E-state index contributed by atoms with van der Waals surface area (Å²) in [5, 5.41) is 0. The van der Waals surface area contributed by atoms with Gasteiger partial charge in [0.15, 0.2) is 5.78 Å². The van der Waals surface area contributed by atoms with Gasteiger partial charge in [-0.2, -0.15) is 0 Å². The summed E-state index contributed by atoms with van der Waals surface area (Å²) in [5.74, 6) is 1.46. The summed E-state index contributed by atoms with van der Waals surface area (Å²) >= 11 is 0. The van der Waals surface area contributed by atoms with Gasteiger partial charge in [0.2, 0.25) is 0 Å². The lowest BCUT2D eigenvalue weighted by molar-refractivity contribution is 0.0911. The molecule has 0 bridgehead atoms. The molecule has 5 heteroatoms. The molecule has 0 aromatic heterocycles. The van der Waals surface area contributed by atoms with E-state index in [1.807, 2.05) is 6.07 Å². The maximum Gasteiger partial charge on any atom is 0.170 e. The van der Waals surface area contributed by atoms with Crippen LogP contribution in [-0.4, -0.2) is 32.3 Å². The van der Waals surface area contributed by atoms with Gasteiger partial charge in [-0.05, 0) is 42.5 Å². The van der Waals surface area contributed by atoms with Gasteiger partial charge < -0.3 is 14.0 Å². The summed E-state index contributed by atoms with van der Waals surface area (Å²) in [6, 6.07) is 5.39. The molecular weight excluding hydrogens is 359 g/mol. The van der Waals surface area contributed by atoms with Gasteiger partial charge in [0.05, 0.1) is 22.0 Å². The molecule has 0 saturated carbocycles. The first kappa shape index (κ1) is 23.8. The smallest absolute Gasteiger partial charge is 0.170 e. The fourth-order valence-corrected chi connectivity index (χ4v) is 5.57. The summed E-state index contributed by atoms with van der Waals surface area (Å²) in [6.07, 6.45) is 6.31. The molecule has 2 unspecified atom stereocenters. The molecule has 0 heterocycles. The van der Waals surface area contributed by atoms with Crippen molar-refractivity contribution < 1.29 is 18.8 Å². The van der Waals surface area contributed by atoms with E-state index >= 15 is 0 Å². The Morgan fingerprint density at radius 3 is 2.26 bits per heavy atom. The number of ketones is 1. The zero-order valence-corrected chi connectivity index (χ0v) is 18.9. The third-order valence-corrected chi connectivity index (χ3v) is 6.95. The van der Waals surface area contributed by atoms with Crippen LogP contribution in [-0.2, 0) is 4.57 Å². The average Bonchev–Trinajstić information content (AvgIpc) is 2.59. The second kappa shape index (κ2) is 11.5. The summed E-state index contributed by atoms with van der Waals surface area (Å²) in [4.78, 5) is 13.0. The van der Waals surface area contributed by atoms with Crippen LogP contribution in [0.5, 0.6) is 11.5 Å². The molecule has 1 rings (SSSR count). The van der Waals surface area contributed by atoms with Crippen LogP contribution in [0.3, 0.4) is 0 Å². The molecule has 1 aromatic rings. The van der Waals surface area contributed by atoms with Crippen molar-refractivity contribution >= 4 is 13.6 Å². The molecular formula is C22H37O4P. The van der Waals surface area contributed by atoms with E-state index in [-0.39, 0.29) is 11.2 Å². The number of hydrogen-bond donors (Lipinski definition) is 0. The van der Waals surface area contributed by atoms with Crippen LogP contribution in [0.25, 0.3) is 0 Å². The van der Waals surface area contributed by atoms with Crippen LogP contribution in [0.4, 0.5) is 0 Å². The van der Waals surface area contributed by atoms with Crippen molar-refractivity contribution in [1.29, 1.82) is 0 Å². The van der Waals surface area contributed by atoms with E-state index in [0.29, 0.717) is 29.4 Å². The van der Waals surface area contributed by atoms with E-state index in [1.54, 1.807) is 26.4 Å². The summed E-state index contributed by atoms with van der Waals surface area (Å²) < 4.78 is 23.0. The normalized spacial score (nSPS) is 13.9. The SMILES string of the molecule is CCCCC[PH](=O)CC(C)CC(C)(C)CC(=O)c1c(OC)cccc1OC. The minimum Gasteiger partial charge on any atom is -0.496 e. The van der Waals surface area contributed by atoms with Gasteiger partial charge in [0.25, 0.3) is 0 Å². The van der Waals surface area contributed by atoms with Crippen LogP contribution in [0.2, 0.25) is 0 Å². The predicted molar refractivity (Wildman–Crippen MR) is 114 cm³/mol. The van der Waals surface area contributed by atoms with Crippen LogP contribution in [0, 0.1) is 11.3 Å². The van der Waals surface area contributed by atoms with Crippen molar-refractivity contribution in [3.05, 3.63) is 23.8 Å². The highest BCUT2D eigenvalue weighted by molar-refractivity contribution is 7.44. The Morgan fingerprint density at radius 1 is 1.15 bits per heavy atom. The predicted octanol–water partition coefficient (Wildman–Crippen LogP) is 6.08. The van der Waals surface area contributed by atoms with E-state index in [0.717, 1.165) is 38.0 Å². The Bertz CT molecular complexity index is 602. The average molecular weight is 397 g/mol. The molecule has 2 atom stereocenters. The van der Waals surface area contributed by atoms with Crippen LogP contribution in [0.1, 0.15) is 70.2 Å². The minimum atomic E-state index is -1.51. The number of carbonyl (C=O) groups excluding carboxylic acids is 1. The van der Waals surface area contributed by atoms with Crippen LogP contribution in [0.15, 0.2) is 18.2 Å². The third kappa shape index (κ3) is 8.09. The van der Waals surface area contributed by atoms with Gasteiger partial charge in [0.1, 0.15) is 17.1 Å². The molecule has 0 radical (unpaired) electrons. The number of rotatable bonds is 13. The molecule has 0 amide bonds. The number of carbonyl (C=O) groups is 1. The molecule has 0 N–H and O–H groups in total.